The molecule has 1 aliphatic rings. The van der Waals surface area contributed by atoms with E-state index in [1.807, 2.05) is 24.5 Å². The Labute approximate surface area is 114 Å². The Morgan fingerprint density at radius 3 is 3.05 bits per heavy atom. The minimum Gasteiger partial charge on any atom is -0.370 e. The van der Waals surface area contributed by atoms with Crippen molar-refractivity contribution in [3.8, 4) is 0 Å². The SMILES string of the molecule is CN(CCNc1cccc2nccn12)C1CCCC1. The van der Waals surface area contributed by atoms with Crippen LogP contribution in [-0.4, -0.2) is 40.5 Å². The number of aromatic nitrogens is 2. The zero-order valence-corrected chi connectivity index (χ0v) is 11.5. The molecule has 0 unspecified atom stereocenters. The van der Waals surface area contributed by atoms with Crippen LogP contribution in [0.3, 0.4) is 0 Å². The molecular formula is C15H22N4. The molecule has 1 fully saturated rings. The maximum Gasteiger partial charge on any atom is 0.138 e. The lowest BCUT2D eigenvalue weighted by atomic mass is 10.2. The maximum absolute atomic E-state index is 4.30. The second-order valence-electron chi connectivity index (χ2n) is 5.41. The van der Waals surface area contributed by atoms with Gasteiger partial charge < -0.3 is 10.2 Å². The zero-order chi connectivity index (χ0) is 13.1. The summed E-state index contributed by atoms with van der Waals surface area (Å²) in [5.74, 6) is 1.12. The van der Waals surface area contributed by atoms with Crippen LogP contribution >= 0.6 is 0 Å². The van der Waals surface area contributed by atoms with Gasteiger partial charge in [-0.3, -0.25) is 4.40 Å². The maximum atomic E-state index is 4.30. The fourth-order valence-electron chi connectivity index (χ4n) is 2.98. The summed E-state index contributed by atoms with van der Waals surface area (Å²) in [5, 5.41) is 3.51. The number of likely N-dealkylation sites (N-methyl/N-ethyl adjacent to an activating group) is 1. The van der Waals surface area contributed by atoms with Gasteiger partial charge in [-0.25, -0.2) is 4.98 Å². The predicted octanol–water partition coefficient (Wildman–Crippen LogP) is 2.62. The third-order valence-corrected chi connectivity index (χ3v) is 4.15. The van der Waals surface area contributed by atoms with Gasteiger partial charge in [0, 0.05) is 31.5 Å². The zero-order valence-electron chi connectivity index (χ0n) is 11.5. The molecular weight excluding hydrogens is 236 g/mol. The van der Waals surface area contributed by atoms with E-state index in [-0.39, 0.29) is 0 Å². The highest BCUT2D eigenvalue weighted by molar-refractivity contribution is 5.49. The van der Waals surface area contributed by atoms with E-state index >= 15 is 0 Å². The molecule has 3 rings (SSSR count). The Morgan fingerprint density at radius 2 is 2.21 bits per heavy atom. The van der Waals surface area contributed by atoms with Crippen LogP contribution in [0.1, 0.15) is 25.7 Å². The largest absolute Gasteiger partial charge is 0.370 e. The van der Waals surface area contributed by atoms with E-state index in [1.54, 1.807) is 0 Å². The first-order chi connectivity index (χ1) is 9.34. The predicted molar refractivity (Wildman–Crippen MR) is 78.6 cm³/mol. The van der Waals surface area contributed by atoms with E-state index in [0.717, 1.165) is 30.6 Å². The number of imidazole rings is 1. The van der Waals surface area contributed by atoms with Crippen LogP contribution in [-0.2, 0) is 0 Å². The molecule has 2 aromatic heterocycles. The summed E-state index contributed by atoms with van der Waals surface area (Å²) >= 11 is 0. The van der Waals surface area contributed by atoms with E-state index in [9.17, 15) is 0 Å². The molecule has 0 spiro atoms. The van der Waals surface area contributed by atoms with Crippen LogP contribution < -0.4 is 5.32 Å². The van der Waals surface area contributed by atoms with Crippen molar-refractivity contribution in [1.29, 1.82) is 0 Å². The standard InChI is InChI=1S/C15H22N4/c1-18(13-5-2-3-6-13)11-9-16-14-7-4-8-15-17-10-12-19(14)15/h4,7-8,10,12-13,16H,2-3,5-6,9,11H2,1H3. The van der Waals surface area contributed by atoms with Gasteiger partial charge in [0.15, 0.2) is 0 Å². The molecule has 2 aromatic rings. The van der Waals surface area contributed by atoms with Crippen molar-refractivity contribution in [2.75, 3.05) is 25.5 Å². The summed E-state index contributed by atoms with van der Waals surface area (Å²) in [6.45, 7) is 2.07. The summed E-state index contributed by atoms with van der Waals surface area (Å²) in [6.07, 6.45) is 9.37. The third kappa shape index (κ3) is 2.73. The first kappa shape index (κ1) is 12.5. The number of fused-ring (bicyclic) bond motifs is 1. The van der Waals surface area contributed by atoms with Crippen molar-refractivity contribution in [2.24, 2.45) is 0 Å². The molecule has 0 aromatic carbocycles. The molecule has 0 saturated heterocycles. The van der Waals surface area contributed by atoms with E-state index in [4.69, 9.17) is 0 Å². The fourth-order valence-corrected chi connectivity index (χ4v) is 2.98. The van der Waals surface area contributed by atoms with Crippen LogP contribution in [0.2, 0.25) is 0 Å². The van der Waals surface area contributed by atoms with Gasteiger partial charge in [-0.05, 0) is 32.0 Å². The molecule has 0 atom stereocenters. The van der Waals surface area contributed by atoms with Crippen molar-refractivity contribution in [3.05, 3.63) is 30.6 Å². The van der Waals surface area contributed by atoms with Gasteiger partial charge in [0.25, 0.3) is 0 Å². The van der Waals surface area contributed by atoms with E-state index in [2.05, 4.69) is 32.7 Å². The smallest absolute Gasteiger partial charge is 0.138 e. The van der Waals surface area contributed by atoms with E-state index in [0.29, 0.717) is 0 Å². The molecule has 2 heterocycles. The first-order valence-electron chi connectivity index (χ1n) is 7.21. The number of nitrogens with zero attached hydrogens (tertiary/aromatic N) is 3. The summed E-state index contributed by atoms with van der Waals surface area (Å²) in [7, 11) is 2.25. The molecule has 4 heteroatoms. The van der Waals surface area contributed by atoms with Crippen LogP contribution in [0.15, 0.2) is 30.6 Å². The highest BCUT2D eigenvalue weighted by Gasteiger charge is 2.18. The lowest BCUT2D eigenvalue weighted by Gasteiger charge is -2.24. The molecule has 0 radical (unpaired) electrons. The normalized spacial score (nSPS) is 16.5. The summed E-state index contributed by atoms with van der Waals surface area (Å²) < 4.78 is 2.09. The van der Waals surface area contributed by atoms with Crippen LogP contribution in [0.4, 0.5) is 5.82 Å². The molecule has 102 valence electrons. The number of nitrogens with one attached hydrogen (secondary N) is 1. The molecule has 1 aliphatic carbocycles. The number of pyridine rings is 1. The van der Waals surface area contributed by atoms with Crippen molar-refractivity contribution < 1.29 is 0 Å². The second-order valence-corrected chi connectivity index (χ2v) is 5.41. The fraction of sp³-hybridized carbons (Fsp3) is 0.533. The number of hydrogen-bond donors (Lipinski definition) is 1. The summed E-state index contributed by atoms with van der Waals surface area (Å²) in [6, 6.07) is 6.97. The molecule has 1 saturated carbocycles. The highest BCUT2D eigenvalue weighted by Crippen LogP contribution is 2.22. The van der Waals surface area contributed by atoms with Crippen LogP contribution in [0, 0.1) is 0 Å². The van der Waals surface area contributed by atoms with Gasteiger partial charge in [-0.1, -0.05) is 18.9 Å². The Bertz CT molecular complexity index is 528. The van der Waals surface area contributed by atoms with Gasteiger partial charge in [-0.15, -0.1) is 0 Å². The van der Waals surface area contributed by atoms with E-state index in [1.165, 1.54) is 25.7 Å². The van der Waals surface area contributed by atoms with Crippen molar-refractivity contribution in [3.63, 3.8) is 0 Å². The van der Waals surface area contributed by atoms with Crippen molar-refractivity contribution in [1.82, 2.24) is 14.3 Å². The number of anilines is 1. The summed E-state index contributed by atoms with van der Waals surface area (Å²) in [5.41, 5.74) is 0.995. The van der Waals surface area contributed by atoms with Crippen molar-refractivity contribution in [2.45, 2.75) is 31.7 Å². The minimum absolute atomic E-state index is 0.797. The summed E-state index contributed by atoms with van der Waals surface area (Å²) in [4.78, 5) is 6.79. The third-order valence-electron chi connectivity index (χ3n) is 4.15. The Morgan fingerprint density at radius 1 is 1.37 bits per heavy atom. The monoisotopic (exact) mass is 258 g/mol. The lowest BCUT2D eigenvalue weighted by Crippen LogP contribution is -2.33. The minimum atomic E-state index is 0.797. The average Bonchev–Trinajstić information content (AvgIpc) is 3.10. The van der Waals surface area contributed by atoms with Gasteiger partial charge >= 0.3 is 0 Å². The van der Waals surface area contributed by atoms with Crippen LogP contribution in [0.5, 0.6) is 0 Å². The molecule has 4 nitrogen and oxygen atoms in total. The quantitative estimate of drug-likeness (QED) is 0.895. The molecule has 0 bridgehead atoms. The highest BCUT2D eigenvalue weighted by atomic mass is 15.2. The number of rotatable bonds is 5. The molecule has 19 heavy (non-hydrogen) atoms. The Hall–Kier alpha value is -1.55. The van der Waals surface area contributed by atoms with Gasteiger partial charge in [0.1, 0.15) is 11.5 Å². The van der Waals surface area contributed by atoms with Gasteiger partial charge in [-0.2, -0.15) is 0 Å². The average molecular weight is 258 g/mol. The Balaban J connectivity index is 1.55. The first-order valence-corrected chi connectivity index (χ1v) is 7.21. The van der Waals surface area contributed by atoms with Crippen molar-refractivity contribution >= 4 is 11.5 Å². The van der Waals surface area contributed by atoms with E-state index < -0.39 is 0 Å². The molecule has 1 N–H and O–H groups in total. The van der Waals surface area contributed by atoms with Gasteiger partial charge in [0.05, 0.1) is 0 Å². The van der Waals surface area contributed by atoms with Crippen LogP contribution in [0.25, 0.3) is 5.65 Å². The molecule has 0 aliphatic heterocycles. The van der Waals surface area contributed by atoms with Gasteiger partial charge in [0.2, 0.25) is 0 Å². The topological polar surface area (TPSA) is 32.6 Å². The Kier molecular flexibility index (Phi) is 3.69. The number of hydrogen-bond acceptors (Lipinski definition) is 3. The molecule has 0 amide bonds. The lowest BCUT2D eigenvalue weighted by molar-refractivity contribution is 0.254. The second kappa shape index (κ2) is 5.61.